The van der Waals surface area contributed by atoms with Gasteiger partial charge in [-0.3, -0.25) is 4.79 Å². The van der Waals surface area contributed by atoms with Gasteiger partial charge in [0.2, 0.25) is 5.91 Å². The summed E-state index contributed by atoms with van der Waals surface area (Å²) in [4.78, 5) is 14.7. The SMILES string of the molecule is Cc1ccc(CN(C(=O)CC2COCCN2)C2CC2)cc1C.Cl. The highest BCUT2D eigenvalue weighted by molar-refractivity contribution is 5.85. The second-order valence-electron chi connectivity index (χ2n) is 6.60. The minimum atomic E-state index is 0. The number of amides is 1. The van der Waals surface area contributed by atoms with Crippen LogP contribution in [0.5, 0.6) is 0 Å². The minimum Gasteiger partial charge on any atom is -0.378 e. The molecular weight excluding hydrogens is 312 g/mol. The molecule has 1 N–H and O–H groups in total. The monoisotopic (exact) mass is 338 g/mol. The van der Waals surface area contributed by atoms with E-state index in [1.54, 1.807) is 0 Å². The van der Waals surface area contributed by atoms with Crippen LogP contribution in [0.15, 0.2) is 18.2 Å². The summed E-state index contributed by atoms with van der Waals surface area (Å²) in [6.07, 6.45) is 2.83. The molecule has 2 aliphatic rings. The van der Waals surface area contributed by atoms with E-state index < -0.39 is 0 Å². The highest BCUT2D eigenvalue weighted by atomic mass is 35.5. The second-order valence-corrected chi connectivity index (χ2v) is 6.60. The largest absolute Gasteiger partial charge is 0.378 e. The van der Waals surface area contributed by atoms with Gasteiger partial charge >= 0.3 is 0 Å². The zero-order valence-corrected chi connectivity index (χ0v) is 14.8. The number of nitrogens with zero attached hydrogens (tertiary/aromatic N) is 1. The molecule has 1 aliphatic carbocycles. The van der Waals surface area contributed by atoms with Crippen molar-refractivity contribution in [3.8, 4) is 0 Å². The van der Waals surface area contributed by atoms with Gasteiger partial charge in [-0.15, -0.1) is 12.4 Å². The summed E-state index contributed by atoms with van der Waals surface area (Å²) in [5.74, 6) is 0.253. The summed E-state index contributed by atoms with van der Waals surface area (Å²) in [5.41, 5.74) is 3.83. The molecule has 0 spiro atoms. The molecule has 3 rings (SSSR count). The Morgan fingerprint density at radius 3 is 2.70 bits per heavy atom. The fraction of sp³-hybridized carbons (Fsp3) is 0.611. The summed E-state index contributed by atoms with van der Waals surface area (Å²) in [7, 11) is 0. The average molecular weight is 339 g/mol. The molecule has 5 heteroatoms. The normalized spacial score (nSPS) is 20.7. The van der Waals surface area contributed by atoms with Crippen LogP contribution in [0.1, 0.15) is 36.0 Å². The number of benzene rings is 1. The molecule has 1 atom stereocenters. The number of carbonyl (C=O) groups excluding carboxylic acids is 1. The standard InChI is InChI=1S/C18H26N2O2.ClH/c1-13-3-4-15(9-14(13)2)11-20(17-5-6-17)18(21)10-16-12-22-8-7-19-16;/h3-4,9,16-17,19H,5-8,10-12H2,1-2H3;1H. The summed E-state index contributed by atoms with van der Waals surface area (Å²) in [6.45, 7) is 7.23. The van der Waals surface area contributed by atoms with Crippen LogP contribution in [0.25, 0.3) is 0 Å². The number of rotatable bonds is 5. The van der Waals surface area contributed by atoms with Crippen LogP contribution in [0.2, 0.25) is 0 Å². The number of hydrogen-bond acceptors (Lipinski definition) is 3. The quantitative estimate of drug-likeness (QED) is 0.897. The van der Waals surface area contributed by atoms with Crippen molar-refractivity contribution in [1.82, 2.24) is 10.2 Å². The molecule has 1 aliphatic heterocycles. The van der Waals surface area contributed by atoms with Gasteiger partial charge in [-0.2, -0.15) is 0 Å². The number of ether oxygens (including phenoxy) is 1. The Morgan fingerprint density at radius 1 is 1.30 bits per heavy atom. The molecule has 1 amide bonds. The molecule has 0 aromatic heterocycles. The highest BCUT2D eigenvalue weighted by Gasteiger charge is 2.33. The maximum atomic E-state index is 12.7. The Morgan fingerprint density at radius 2 is 2.09 bits per heavy atom. The Balaban J connectivity index is 0.00000192. The molecule has 1 saturated carbocycles. The number of halogens is 1. The summed E-state index contributed by atoms with van der Waals surface area (Å²) in [6, 6.07) is 7.12. The topological polar surface area (TPSA) is 41.6 Å². The highest BCUT2D eigenvalue weighted by Crippen LogP contribution is 2.29. The molecule has 4 nitrogen and oxygen atoms in total. The Labute approximate surface area is 145 Å². The van der Waals surface area contributed by atoms with E-state index >= 15 is 0 Å². The van der Waals surface area contributed by atoms with Gasteiger partial charge in [-0.25, -0.2) is 0 Å². The molecule has 1 unspecified atom stereocenters. The van der Waals surface area contributed by atoms with Crippen molar-refractivity contribution in [1.29, 1.82) is 0 Å². The van der Waals surface area contributed by atoms with Gasteiger partial charge < -0.3 is 15.0 Å². The first-order chi connectivity index (χ1) is 10.6. The molecular formula is C18H27ClN2O2. The van der Waals surface area contributed by atoms with Gasteiger partial charge in [0, 0.05) is 31.6 Å². The van der Waals surface area contributed by atoms with Crippen molar-refractivity contribution >= 4 is 18.3 Å². The van der Waals surface area contributed by atoms with Crippen LogP contribution in [0.4, 0.5) is 0 Å². The third kappa shape index (κ3) is 4.93. The third-order valence-electron chi connectivity index (χ3n) is 4.65. The average Bonchev–Trinajstić information content (AvgIpc) is 3.34. The molecule has 128 valence electrons. The van der Waals surface area contributed by atoms with E-state index in [-0.39, 0.29) is 24.4 Å². The molecule has 1 aromatic rings. The zero-order valence-electron chi connectivity index (χ0n) is 14.0. The van der Waals surface area contributed by atoms with E-state index in [2.05, 4.69) is 42.3 Å². The molecule has 0 bridgehead atoms. The van der Waals surface area contributed by atoms with Crippen LogP contribution < -0.4 is 5.32 Å². The molecule has 1 saturated heterocycles. The Hall–Kier alpha value is -1.10. The third-order valence-corrected chi connectivity index (χ3v) is 4.65. The molecule has 23 heavy (non-hydrogen) atoms. The van der Waals surface area contributed by atoms with E-state index in [9.17, 15) is 4.79 Å². The zero-order chi connectivity index (χ0) is 15.5. The second kappa shape index (κ2) is 8.13. The predicted molar refractivity (Wildman–Crippen MR) is 94.0 cm³/mol. The van der Waals surface area contributed by atoms with Crippen molar-refractivity contribution in [2.45, 2.75) is 51.7 Å². The molecule has 1 aromatic carbocycles. The van der Waals surface area contributed by atoms with Gasteiger partial charge in [0.1, 0.15) is 0 Å². The van der Waals surface area contributed by atoms with Gasteiger partial charge in [-0.05, 0) is 43.4 Å². The summed E-state index contributed by atoms with van der Waals surface area (Å²) in [5, 5.41) is 3.37. The van der Waals surface area contributed by atoms with Crippen molar-refractivity contribution in [2.75, 3.05) is 19.8 Å². The molecule has 1 heterocycles. The summed E-state index contributed by atoms with van der Waals surface area (Å²) >= 11 is 0. The lowest BCUT2D eigenvalue weighted by Gasteiger charge is -2.28. The lowest BCUT2D eigenvalue weighted by Crippen LogP contribution is -2.45. The fourth-order valence-corrected chi connectivity index (χ4v) is 2.98. The van der Waals surface area contributed by atoms with Crippen LogP contribution in [-0.2, 0) is 16.1 Å². The number of morpholine rings is 1. The van der Waals surface area contributed by atoms with E-state index in [0.29, 0.717) is 19.1 Å². The van der Waals surface area contributed by atoms with Crippen LogP contribution in [0.3, 0.4) is 0 Å². The predicted octanol–water partition coefficient (Wildman–Crippen LogP) is 2.59. The van der Waals surface area contributed by atoms with E-state index in [1.165, 1.54) is 16.7 Å². The maximum absolute atomic E-state index is 12.7. The first-order valence-electron chi connectivity index (χ1n) is 8.30. The minimum absolute atomic E-state index is 0. The van der Waals surface area contributed by atoms with E-state index in [1.807, 2.05) is 0 Å². The summed E-state index contributed by atoms with van der Waals surface area (Å²) < 4.78 is 5.45. The van der Waals surface area contributed by atoms with E-state index in [0.717, 1.165) is 32.5 Å². The molecule has 2 fully saturated rings. The van der Waals surface area contributed by atoms with Crippen LogP contribution in [0, 0.1) is 13.8 Å². The van der Waals surface area contributed by atoms with Crippen molar-refractivity contribution in [2.24, 2.45) is 0 Å². The Bertz CT molecular complexity index is 540. The first kappa shape index (κ1) is 18.2. The lowest BCUT2D eigenvalue weighted by atomic mass is 10.1. The van der Waals surface area contributed by atoms with Crippen molar-refractivity contribution < 1.29 is 9.53 Å². The van der Waals surface area contributed by atoms with Crippen molar-refractivity contribution in [3.63, 3.8) is 0 Å². The lowest BCUT2D eigenvalue weighted by molar-refractivity contribution is -0.133. The van der Waals surface area contributed by atoms with Gasteiger partial charge in [0.25, 0.3) is 0 Å². The van der Waals surface area contributed by atoms with Gasteiger partial charge in [0.05, 0.1) is 13.2 Å². The number of nitrogens with one attached hydrogen (secondary N) is 1. The Kier molecular flexibility index (Phi) is 6.45. The van der Waals surface area contributed by atoms with E-state index in [4.69, 9.17) is 4.74 Å². The fourth-order valence-electron chi connectivity index (χ4n) is 2.98. The van der Waals surface area contributed by atoms with Crippen LogP contribution >= 0.6 is 12.4 Å². The number of hydrogen-bond donors (Lipinski definition) is 1. The number of carbonyl (C=O) groups is 1. The smallest absolute Gasteiger partial charge is 0.224 e. The van der Waals surface area contributed by atoms with Crippen molar-refractivity contribution in [3.05, 3.63) is 34.9 Å². The molecule has 0 radical (unpaired) electrons. The number of aryl methyl sites for hydroxylation is 2. The van der Waals surface area contributed by atoms with Gasteiger partial charge in [-0.1, -0.05) is 18.2 Å². The first-order valence-corrected chi connectivity index (χ1v) is 8.30. The van der Waals surface area contributed by atoms with Gasteiger partial charge in [0.15, 0.2) is 0 Å². The maximum Gasteiger partial charge on any atom is 0.224 e. The van der Waals surface area contributed by atoms with Crippen LogP contribution in [-0.4, -0.2) is 42.6 Å².